The smallest absolute Gasteiger partial charge is 0.236 e. The fourth-order valence-corrected chi connectivity index (χ4v) is 4.09. The lowest BCUT2D eigenvalue weighted by molar-refractivity contribution is -0.136. The van der Waals surface area contributed by atoms with E-state index in [0.29, 0.717) is 38.8 Å². The fourth-order valence-electron chi connectivity index (χ4n) is 4.09. The zero-order valence-electron chi connectivity index (χ0n) is 16.4. The normalized spacial score (nSPS) is 21.6. The number of rotatable bonds is 7. The average Bonchev–Trinajstić information content (AvgIpc) is 2.68. The highest BCUT2D eigenvalue weighted by molar-refractivity contribution is 5.78. The van der Waals surface area contributed by atoms with E-state index in [1.165, 1.54) is 30.5 Å². The molecule has 0 spiro atoms. The van der Waals surface area contributed by atoms with Crippen LogP contribution in [0, 0.1) is 11.7 Å². The van der Waals surface area contributed by atoms with Gasteiger partial charge in [0, 0.05) is 32.7 Å². The van der Waals surface area contributed by atoms with E-state index in [9.17, 15) is 9.18 Å². The second-order valence-electron chi connectivity index (χ2n) is 7.88. The summed E-state index contributed by atoms with van der Waals surface area (Å²) in [4.78, 5) is 19.0. The molecule has 0 radical (unpaired) electrons. The zero-order chi connectivity index (χ0) is 19.1. The number of piperidine rings is 1. The van der Waals surface area contributed by atoms with Gasteiger partial charge in [-0.3, -0.25) is 9.69 Å². The van der Waals surface area contributed by atoms with Crippen LogP contribution in [0.3, 0.4) is 0 Å². The number of likely N-dealkylation sites (tertiary alicyclic amines) is 1. The molecule has 2 fully saturated rings. The van der Waals surface area contributed by atoms with Gasteiger partial charge in [-0.25, -0.2) is 4.39 Å². The minimum atomic E-state index is -0.175. The van der Waals surface area contributed by atoms with Gasteiger partial charge in [0.15, 0.2) is 0 Å². The van der Waals surface area contributed by atoms with Crippen LogP contribution >= 0.6 is 0 Å². The quantitative estimate of drug-likeness (QED) is 0.727. The predicted molar refractivity (Wildman–Crippen MR) is 104 cm³/mol. The van der Waals surface area contributed by atoms with Crippen molar-refractivity contribution in [2.75, 3.05) is 66.1 Å². The Balaban J connectivity index is 1.39. The molecule has 1 atom stereocenters. The van der Waals surface area contributed by atoms with Gasteiger partial charge in [0.05, 0.1) is 19.8 Å². The van der Waals surface area contributed by atoms with Gasteiger partial charge in [-0.1, -0.05) is 12.1 Å². The number of likely N-dealkylation sites (N-methyl/N-ethyl adjacent to an activating group) is 1. The number of amides is 1. The molecule has 1 aromatic carbocycles. The van der Waals surface area contributed by atoms with Crippen LogP contribution < -0.4 is 0 Å². The van der Waals surface area contributed by atoms with Gasteiger partial charge in [0.1, 0.15) is 5.82 Å². The lowest BCUT2D eigenvalue weighted by Gasteiger charge is -2.35. The van der Waals surface area contributed by atoms with Gasteiger partial charge >= 0.3 is 0 Å². The van der Waals surface area contributed by atoms with Gasteiger partial charge in [0.25, 0.3) is 0 Å². The Morgan fingerprint density at radius 2 is 1.96 bits per heavy atom. The molecule has 1 amide bonds. The van der Waals surface area contributed by atoms with E-state index in [-0.39, 0.29) is 11.7 Å². The number of carbonyl (C=O) groups is 1. The van der Waals surface area contributed by atoms with E-state index in [1.54, 1.807) is 0 Å². The maximum atomic E-state index is 13.0. The highest BCUT2D eigenvalue weighted by Gasteiger charge is 2.23. The summed E-state index contributed by atoms with van der Waals surface area (Å²) in [5.74, 6) is 0.644. The minimum Gasteiger partial charge on any atom is -0.378 e. The van der Waals surface area contributed by atoms with Crippen molar-refractivity contribution in [1.82, 2.24) is 14.7 Å². The summed E-state index contributed by atoms with van der Waals surface area (Å²) in [7, 11) is 2.05. The van der Waals surface area contributed by atoms with Crippen LogP contribution in [0.5, 0.6) is 0 Å². The predicted octanol–water partition coefficient (Wildman–Crippen LogP) is 1.87. The first-order chi connectivity index (χ1) is 13.1. The van der Waals surface area contributed by atoms with E-state index < -0.39 is 0 Å². The van der Waals surface area contributed by atoms with Crippen molar-refractivity contribution in [3.63, 3.8) is 0 Å². The monoisotopic (exact) mass is 377 g/mol. The number of nitrogens with zero attached hydrogens (tertiary/aromatic N) is 3. The number of halogens is 1. The molecule has 1 aromatic rings. The van der Waals surface area contributed by atoms with E-state index in [4.69, 9.17) is 4.74 Å². The van der Waals surface area contributed by atoms with Crippen LogP contribution in [0.25, 0.3) is 0 Å². The summed E-state index contributed by atoms with van der Waals surface area (Å²) in [5.41, 5.74) is 1.19. The molecule has 0 aromatic heterocycles. The van der Waals surface area contributed by atoms with Gasteiger partial charge in [0.2, 0.25) is 5.91 Å². The average molecular weight is 378 g/mol. The van der Waals surface area contributed by atoms with Crippen LogP contribution in [-0.2, 0) is 16.0 Å². The fraction of sp³-hybridized carbons (Fsp3) is 0.667. The van der Waals surface area contributed by atoms with Gasteiger partial charge < -0.3 is 14.5 Å². The maximum Gasteiger partial charge on any atom is 0.236 e. The number of hydrogen-bond acceptors (Lipinski definition) is 4. The Morgan fingerprint density at radius 1 is 1.22 bits per heavy atom. The van der Waals surface area contributed by atoms with Gasteiger partial charge in [-0.2, -0.15) is 0 Å². The topological polar surface area (TPSA) is 36.0 Å². The van der Waals surface area contributed by atoms with Crippen molar-refractivity contribution >= 4 is 5.91 Å². The summed E-state index contributed by atoms with van der Waals surface area (Å²) in [6.45, 7) is 7.42. The first-order valence-corrected chi connectivity index (χ1v) is 10.1. The SMILES string of the molecule is CN(CC(=O)N1CCOCC1)C[C@H]1CCCN(CCc2ccc(F)cc2)C1. The van der Waals surface area contributed by atoms with Crippen molar-refractivity contribution in [2.45, 2.75) is 19.3 Å². The number of benzene rings is 1. The molecule has 6 heteroatoms. The number of ether oxygens (including phenoxy) is 1. The van der Waals surface area contributed by atoms with Crippen LogP contribution in [-0.4, -0.2) is 86.7 Å². The summed E-state index contributed by atoms with van der Waals surface area (Å²) in [6.07, 6.45) is 3.39. The second-order valence-corrected chi connectivity index (χ2v) is 7.88. The van der Waals surface area contributed by atoms with Crippen molar-refractivity contribution in [2.24, 2.45) is 5.92 Å². The van der Waals surface area contributed by atoms with Crippen molar-refractivity contribution in [1.29, 1.82) is 0 Å². The molecule has 0 saturated carbocycles. The third-order valence-electron chi connectivity index (χ3n) is 5.57. The minimum absolute atomic E-state index is 0.175. The maximum absolute atomic E-state index is 13.0. The van der Waals surface area contributed by atoms with Crippen molar-refractivity contribution in [3.8, 4) is 0 Å². The molecule has 0 bridgehead atoms. The van der Waals surface area contributed by atoms with Gasteiger partial charge in [-0.15, -0.1) is 0 Å². The van der Waals surface area contributed by atoms with Crippen molar-refractivity contribution < 1.29 is 13.9 Å². The molecule has 0 N–H and O–H groups in total. The van der Waals surface area contributed by atoms with Gasteiger partial charge in [-0.05, 0) is 56.5 Å². The summed E-state index contributed by atoms with van der Waals surface area (Å²) in [6, 6.07) is 6.83. The molecular formula is C21H32FN3O2. The first-order valence-electron chi connectivity index (χ1n) is 10.1. The van der Waals surface area contributed by atoms with Crippen LogP contribution in [0.1, 0.15) is 18.4 Å². The Labute approximate surface area is 162 Å². The summed E-state index contributed by atoms with van der Waals surface area (Å²) in [5, 5.41) is 0. The highest BCUT2D eigenvalue weighted by atomic mass is 19.1. The Morgan fingerprint density at radius 3 is 2.70 bits per heavy atom. The van der Waals surface area contributed by atoms with Crippen LogP contribution in [0.4, 0.5) is 4.39 Å². The molecular weight excluding hydrogens is 345 g/mol. The number of carbonyl (C=O) groups excluding carboxylic acids is 1. The lowest BCUT2D eigenvalue weighted by Crippen LogP contribution is -2.47. The lowest BCUT2D eigenvalue weighted by atomic mass is 9.97. The number of hydrogen-bond donors (Lipinski definition) is 0. The van der Waals surface area contributed by atoms with Crippen molar-refractivity contribution in [3.05, 3.63) is 35.6 Å². The molecule has 3 rings (SSSR count). The van der Waals surface area contributed by atoms with E-state index >= 15 is 0 Å². The summed E-state index contributed by atoms with van der Waals surface area (Å²) < 4.78 is 18.3. The molecule has 2 aliphatic heterocycles. The molecule has 2 saturated heterocycles. The Kier molecular flexibility index (Phi) is 7.61. The van der Waals surface area contributed by atoms with E-state index in [2.05, 4.69) is 16.8 Å². The molecule has 27 heavy (non-hydrogen) atoms. The largest absolute Gasteiger partial charge is 0.378 e. The Hall–Kier alpha value is -1.50. The van der Waals surface area contributed by atoms with Crippen LogP contribution in [0.2, 0.25) is 0 Å². The summed E-state index contributed by atoms with van der Waals surface area (Å²) >= 11 is 0. The number of morpholine rings is 1. The van der Waals surface area contributed by atoms with E-state index in [0.717, 1.165) is 32.6 Å². The zero-order valence-corrected chi connectivity index (χ0v) is 16.4. The molecule has 0 aliphatic carbocycles. The molecule has 5 nitrogen and oxygen atoms in total. The first kappa shape index (κ1) is 20.2. The molecule has 150 valence electrons. The Bertz CT molecular complexity index is 590. The molecule has 0 unspecified atom stereocenters. The highest BCUT2D eigenvalue weighted by Crippen LogP contribution is 2.18. The second kappa shape index (κ2) is 10.2. The third-order valence-corrected chi connectivity index (χ3v) is 5.57. The molecule has 2 aliphatic rings. The molecule has 2 heterocycles. The van der Waals surface area contributed by atoms with Crippen LogP contribution in [0.15, 0.2) is 24.3 Å². The van der Waals surface area contributed by atoms with E-state index in [1.807, 2.05) is 17.0 Å². The third kappa shape index (κ3) is 6.55. The standard InChI is InChI=1S/C21H32FN3O2/c1-23(17-21(26)25-11-13-27-14-12-25)15-19-3-2-9-24(16-19)10-8-18-4-6-20(22)7-5-18/h4-7,19H,2-3,8-17H2,1H3/t19-/m1/s1.